The van der Waals surface area contributed by atoms with Gasteiger partial charge in [-0.2, -0.15) is 0 Å². The van der Waals surface area contributed by atoms with Crippen molar-refractivity contribution in [2.45, 2.75) is 0 Å². The molecule has 6 heteroatoms. The Morgan fingerprint density at radius 2 is 1.70 bits per heavy atom. The number of rotatable bonds is 5. The molecule has 0 spiro atoms. The summed E-state index contributed by atoms with van der Waals surface area (Å²) in [7, 11) is 1.33. The van der Waals surface area contributed by atoms with Crippen molar-refractivity contribution in [3.8, 4) is 5.75 Å². The molecule has 0 aliphatic heterocycles. The molecule has 0 fully saturated rings. The van der Waals surface area contributed by atoms with Crippen LogP contribution < -0.4 is 9.64 Å². The van der Waals surface area contributed by atoms with Gasteiger partial charge in [-0.25, -0.2) is 9.59 Å². The summed E-state index contributed by atoms with van der Waals surface area (Å²) < 4.78 is 10.0. The van der Waals surface area contributed by atoms with Crippen molar-refractivity contribution in [2.24, 2.45) is 0 Å². The fourth-order valence-electron chi connectivity index (χ4n) is 1.95. The third-order valence-corrected chi connectivity index (χ3v) is 3.43. The van der Waals surface area contributed by atoms with E-state index in [0.29, 0.717) is 28.9 Å². The minimum Gasteiger partial charge on any atom is -0.452 e. The fourth-order valence-corrected chi connectivity index (χ4v) is 2.31. The van der Waals surface area contributed by atoms with Crippen LogP contribution in [-0.2, 0) is 4.74 Å². The summed E-state index contributed by atoms with van der Waals surface area (Å²) in [6, 6.07) is 15.4. The van der Waals surface area contributed by atoms with Crippen molar-refractivity contribution in [3.05, 3.63) is 60.2 Å². The number of ether oxygens (including phenoxy) is 2. The van der Waals surface area contributed by atoms with Crippen LogP contribution in [0, 0.1) is 0 Å². The summed E-state index contributed by atoms with van der Waals surface area (Å²) in [6.45, 7) is 0.459. The van der Waals surface area contributed by atoms with Gasteiger partial charge in [0, 0.05) is 17.6 Å². The van der Waals surface area contributed by atoms with Crippen molar-refractivity contribution in [1.29, 1.82) is 0 Å². The summed E-state index contributed by atoms with van der Waals surface area (Å²) in [4.78, 5) is 25.3. The van der Waals surface area contributed by atoms with E-state index >= 15 is 0 Å². The first-order valence-corrected chi connectivity index (χ1v) is 8.06. The average Bonchev–Trinajstić information content (AvgIpc) is 2.60. The van der Waals surface area contributed by atoms with Crippen LogP contribution in [0.4, 0.5) is 10.5 Å². The van der Waals surface area contributed by atoms with Crippen LogP contribution in [-0.4, -0.2) is 31.0 Å². The lowest BCUT2D eigenvalue weighted by molar-refractivity contribution is 0.0735. The van der Waals surface area contributed by atoms with Crippen LogP contribution in [0.5, 0.6) is 5.75 Å². The summed E-state index contributed by atoms with van der Waals surface area (Å²) in [6.07, 6.45) is -0.455. The molecule has 0 radical (unpaired) electrons. The number of hydrogen-bond donors (Lipinski definition) is 0. The van der Waals surface area contributed by atoms with E-state index in [-0.39, 0.29) is 0 Å². The minimum atomic E-state index is -0.455. The molecule has 0 saturated carbocycles. The number of para-hydroxylation sites is 1. The molecule has 0 atom stereocenters. The second kappa shape index (κ2) is 8.33. The second-order valence-electron chi connectivity index (χ2n) is 4.56. The van der Waals surface area contributed by atoms with Gasteiger partial charge in [0.1, 0.15) is 5.75 Å². The highest BCUT2D eigenvalue weighted by molar-refractivity contribution is 9.09. The molecule has 23 heavy (non-hydrogen) atoms. The molecular weight excluding hydrogens is 362 g/mol. The summed E-state index contributed by atoms with van der Waals surface area (Å²) in [5.74, 6) is 0.0323. The predicted molar refractivity (Wildman–Crippen MR) is 91.4 cm³/mol. The molecule has 0 aliphatic carbocycles. The van der Waals surface area contributed by atoms with Crippen molar-refractivity contribution >= 4 is 33.7 Å². The molecule has 1 amide bonds. The molecule has 0 saturated heterocycles. The minimum absolute atomic E-state index is 0.404. The van der Waals surface area contributed by atoms with Crippen LogP contribution in [0.1, 0.15) is 10.4 Å². The van der Waals surface area contributed by atoms with E-state index in [1.807, 2.05) is 6.07 Å². The number of carbonyl (C=O) groups is 2. The van der Waals surface area contributed by atoms with Crippen LogP contribution in [0.15, 0.2) is 54.6 Å². The third kappa shape index (κ3) is 4.56. The smallest absolute Gasteiger partial charge is 0.414 e. The molecular formula is C17H16BrNO4. The average molecular weight is 378 g/mol. The van der Waals surface area contributed by atoms with Gasteiger partial charge in [0.05, 0.1) is 12.7 Å². The highest BCUT2D eigenvalue weighted by Gasteiger charge is 2.16. The highest BCUT2D eigenvalue weighted by Crippen LogP contribution is 2.18. The summed E-state index contributed by atoms with van der Waals surface area (Å²) in [5.41, 5.74) is 1.05. The number of carbonyl (C=O) groups excluding carboxylic acids is 2. The quantitative estimate of drug-likeness (QED) is 0.450. The second-order valence-corrected chi connectivity index (χ2v) is 5.35. The molecule has 0 aromatic heterocycles. The first-order chi connectivity index (χ1) is 11.2. The molecule has 0 unspecified atom stereocenters. The van der Waals surface area contributed by atoms with E-state index in [1.54, 1.807) is 48.5 Å². The number of methoxy groups -OCH3 is 1. The number of halogens is 1. The molecule has 120 valence electrons. The zero-order valence-electron chi connectivity index (χ0n) is 12.6. The maximum Gasteiger partial charge on any atom is 0.414 e. The lowest BCUT2D eigenvalue weighted by atomic mass is 10.2. The van der Waals surface area contributed by atoms with E-state index in [2.05, 4.69) is 15.9 Å². The molecule has 2 aromatic rings. The summed E-state index contributed by atoms with van der Waals surface area (Å²) in [5, 5.41) is 0.611. The maximum atomic E-state index is 12.1. The number of nitrogens with zero attached hydrogens (tertiary/aromatic N) is 1. The van der Waals surface area contributed by atoms with Crippen molar-refractivity contribution < 1.29 is 19.1 Å². The van der Waals surface area contributed by atoms with Gasteiger partial charge in [0.15, 0.2) is 0 Å². The van der Waals surface area contributed by atoms with Gasteiger partial charge in [-0.15, -0.1) is 0 Å². The Bertz CT molecular complexity index is 658. The van der Waals surface area contributed by atoms with Crippen LogP contribution in [0.25, 0.3) is 0 Å². The van der Waals surface area contributed by atoms with Gasteiger partial charge >= 0.3 is 12.1 Å². The van der Waals surface area contributed by atoms with E-state index in [9.17, 15) is 9.59 Å². The summed E-state index contributed by atoms with van der Waals surface area (Å²) >= 11 is 3.30. The fraction of sp³-hybridized carbons (Fsp3) is 0.176. The van der Waals surface area contributed by atoms with Gasteiger partial charge in [-0.05, 0) is 36.4 Å². The van der Waals surface area contributed by atoms with Gasteiger partial charge in [-0.3, -0.25) is 4.90 Å². The lowest BCUT2D eigenvalue weighted by Gasteiger charge is -2.20. The van der Waals surface area contributed by atoms with Crippen LogP contribution in [0.2, 0.25) is 0 Å². The zero-order chi connectivity index (χ0) is 16.7. The maximum absolute atomic E-state index is 12.1. The van der Waals surface area contributed by atoms with Crippen molar-refractivity contribution in [1.82, 2.24) is 0 Å². The lowest BCUT2D eigenvalue weighted by Crippen LogP contribution is -2.32. The van der Waals surface area contributed by atoms with E-state index in [1.165, 1.54) is 12.0 Å². The first kappa shape index (κ1) is 17.0. The topological polar surface area (TPSA) is 55.8 Å². The molecule has 2 rings (SSSR count). The monoisotopic (exact) mass is 377 g/mol. The Morgan fingerprint density at radius 3 is 2.26 bits per heavy atom. The van der Waals surface area contributed by atoms with Crippen LogP contribution >= 0.6 is 15.9 Å². The largest absolute Gasteiger partial charge is 0.452 e. The normalized spacial score (nSPS) is 10.0. The zero-order valence-corrected chi connectivity index (χ0v) is 14.2. The molecule has 0 heterocycles. The number of amides is 1. The van der Waals surface area contributed by atoms with Crippen LogP contribution in [0.3, 0.4) is 0 Å². The van der Waals surface area contributed by atoms with E-state index in [4.69, 9.17) is 9.47 Å². The molecule has 0 bridgehead atoms. The Labute approximate surface area is 142 Å². The van der Waals surface area contributed by atoms with Gasteiger partial charge in [-0.1, -0.05) is 34.1 Å². The SMILES string of the molecule is COC(=O)N(CCBr)c1ccc(C(=O)Oc2ccccc2)cc1. The Hall–Kier alpha value is -2.34. The molecule has 0 aliphatic rings. The number of alkyl halides is 1. The third-order valence-electron chi connectivity index (χ3n) is 3.07. The van der Waals surface area contributed by atoms with Crippen molar-refractivity contribution in [3.63, 3.8) is 0 Å². The number of benzene rings is 2. The van der Waals surface area contributed by atoms with E-state index in [0.717, 1.165) is 0 Å². The van der Waals surface area contributed by atoms with Crippen molar-refractivity contribution in [2.75, 3.05) is 23.9 Å². The standard InChI is InChI=1S/C17H16BrNO4/c1-22-17(21)19(12-11-18)14-9-7-13(8-10-14)16(20)23-15-5-3-2-4-6-15/h2-10H,11-12H2,1H3. The highest BCUT2D eigenvalue weighted by atomic mass is 79.9. The number of esters is 1. The predicted octanol–water partition coefficient (Wildman–Crippen LogP) is 3.87. The van der Waals surface area contributed by atoms with Gasteiger partial charge < -0.3 is 9.47 Å². The Balaban J connectivity index is 2.11. The number of hydrogen-bond acceptors (Lipinski definition) is 4. The Kier molecular flexibility index (Phi) is 6.17. The van der Waals surface area contributed by atoms with E-state index < -0.39 is 12.1 Å². The molecule has 0 N–H and O–H groups in total. The van der Waals surface area contributed by atoms with Gasteiger partial charge in [0.2, 0.25) is 0 Å². The van der Waals surface area contributed by atoms with Gasteiger partial charge in [0.25, 0.3) is 0 Å². The first-order valence-electron chi connectivity index (χ1n) is 6.94. The number of anilines is 1. The Morgan fingerprint density at radius 1 is 1.04 bits per heavy atom. The molecule has 5 nitrogen and oxygen atoms in total. The molecule has 2 aromatic carbocycles.